The summed E-state index contributed by atoms with van der Waals surface area (Å²) in [5.41, 5.74) is 11.8. The average molecular weight is 468 g/mol. The highest BCUT2D eigenvalue weighted by Gasteiger charge is 2.19. The standard InChI is InChI=1S/C28H29N5O2/c1-17(2)32-28(34)23-14-24(31)25(33-22-9-7-20(16-30)8-10-22)15-26(23)35-27-18(3)12-21(6-5-11-29)13-19(27)4/h7-10,12-15,17,33H,5-6,31H2,1-4H3,(H,32,34). The van der Waals surface area contributed by atoms with E-state index in [2.05, 4.69) is 22.8 Å². The van der Waals surface area contributed by atoms with Crippen molar-refractivity contribution in [2.45, 2.75) is 46.6 Å². The normalized spacial score (nSPS) is 10.4. The Labute approximate surface area is 206 Å². The Morgan fingerprint density at radius 1 is 1.06 bits per heavy atom. The van der Waals surface area contributed by atoms with Crippen LogP contribution in [0.25, 0.3) is 0 Å². The third-order valence-electron chi connectivity index (χ3n) is 5.37. The van der Waals surface area contributed by atoms with Crippen LogP contribution in [0.5, 0.6) is 11.5 Å². The number of aryl methyl sites for hydroxylation is 3. The second-order valence-electron chi connectivity index (χ2n) is 8.70. The molecule has 1 amide bonds. The first kappa shape index (κ1) is 25.1. The first-order valence-electron chi connectivity index (χ1n) is 11.4. The minimum Gasteiger partial charge on any atom is -0.456 e. The Morgan fingerprint density at radius 3 is 2.29 bits per heavy atom. The van der Waals surface area contributed by atoms with Gasteiger partial charge < -0.3 is 21.1 Å². The third-order valence-corrected chi connectivity index (χ3v) is 5.37. The molecule has 3 aromatic rings. The summed E-state index contributed by atoms with van der Waals surface area (Å²) < 4.78 is 6.34. The molecule has 0 aliphatic heterocycles. The summed E-state index contributed by atoms with van der Waals surface area (Å²) in [5, 5.41) is 24.1. The van der Waals surface area contributed by atoms with Crippen LogP contribution in [-0.4, -0.2) is 11.9 Å². The van der Waals surface area contributed by atoms with Crippen molar-refractivity contribution in [3.05, 3.63) is 76.3 Å². The van der Waals surface area contributed by atoms with Crippen LogP contribution in [0.4, 0.5) is 17.1 Å². The number of carbonyl (C=O) groups is 1. The van der Waals surface area contributed by atoms with E-state index < -0.39 is 0 Å². The van der Waals surface area contributed by atoms with Crippen molar-refractivity contribution >= 4 is 23.0 Å². The second-order valence-corrected chi connectivity index (χ2v) is 8.70. The van der Waals surface area contributed by atoms with Gasteiger partial charge in [-0.3, -0.25) is 4.79 Å². The van der Waals surface area contributed by atoms with E-state index in [9.17, 15) is 4.79 Å². The molecule has 3 aromatic carbocycles. The number of rotatable bonds is 8. The summed E-state index contributed by atoms with van der Waals surface area (Å²) in [5.74, 6) is 0.732. The van der Waals surface area contributed by atoms with Crippen LogP contribution in [0.1, 0.15) is 52.9 Å². The highest BCUT2D eigenvalue weighted by molar-refractivity contribution is 5.99. The number of nitrogen functional groups attached to an aromatic ring is 1. The number of carbonyl (C=O) groups excluding carboxylic acids is 1. The van der Waals surface area contributed by atoms with Gasteiger partial charge in [-0.05, 0) is 81.1 Å². The van der Waals surface area contributed by atoms with E-state index in [1.165, 1.54) is 0 Å². The molecule has 0 saturated heterocycles. The number of nitrogens with two attached hydrogens (primary N) is 1. The molecule has 0 aliphatic carbocycles. The van der Waals surface area contributed by atoms with Gasteiger partial charge in [0.05, 0.1) is 34.6 Å². The van der Waals surface area contributed by atoms with Crippen LogP contribution < -0.4 is 21.1 Å². The lowest BCUT2D eigenvalue weighted by Crippen LogP contribution is -2.30. The molecule has 35 heavy (non-hydrogen) atoms. The average Bonchev–Trinajstić information content (AvgIpc) is 2.81. The van der Waals surface area contributed by atoms with Crippen LogP contribution in [0.3, 0.4) is 0 Å². The quantitative estimate of drug-likeness (QED) is 0.355. The molecular formula is C28H29N5O2. The molecule has 7 nitrogen and oxygen atoms in total. The van der Waals surface area contributed by atoms with Gasteiger partial charge in [0.1, 0.15) is 11.5 Å². The van der Waals surface area contributed by atoms with Crippen molar-refractivity contribution in [2.75, 3.05) is 11.1 Å². The number of hydrogen-bond donors (Lipinski definition) is 3. The molecule has 0 aromatic heterocycles. The Bertz CT molecular complexity index is 1290. The molecule has 0 spiro atoms. The maximum absolute atomic E-state index is 13.0. The molecule has 0 radical (unpaired) electrons. The van der Waals surface area contributed by atoms with Gasteiger partial charge in [-0.15, -0.1) is 0 Å². The van der Waals surface area contributed by atoms with Crippen LogP contribution in [0.15, 0.2) is 48.5 Å². The van der Waals surface area contributed by atoms with E-state index in [0.29, 0.717) is 46.8 Å². The van der Waals surface area contributed by atoms with Crippen molar-refractivity contribution in [2.24, 2.45) is 0 Å². The summed E-state index contributed by atoms with van der Waals surface area (Å²) in [4.78, 5) is 13.0. The van der Waals surface area contributed by atoms with Gasteiger partial charge in [0.25, 0.3) is 5.91 Å². The monoisotopic (exact) mass is 467 g/mol. The number of benzene rings is 3. The predicted molar refractivity (Wildman–Crippen MR) is 138 cm³/mol. The van der Waals surface area contributed by atoms with Crippen LogP contribution in [0.2, 0.25) is 0 Å². The molecule has 0 saturated carbocycles. The lowest BCUT2D eigenvalue weighted by molar-refractivity contribution is 0.0941. The van der Waals surface area contributed by atoms with E-state index in [0.717, 1.165) is 22.4 Å². The zero-order chi connectivity index (χ0) is 25.5. The van der Waals surface area contributed by atoms with Crippen LogP contribution in [0, 0.1) is 36.5 Å². The second kappa shape index (κ2) is 11.1. The predicted octanol–water partition coefficient (Wildman–Crippen LogP) is 5.89. The lowest BCUT2D eigenvalue weighted by atomic mass is 10.0. The van der Waals surface area contributed by atoms with Crippen molar-refractivity contribution in [3.8, 4) is 23.6 Å². The minimum absolute atomic E-state index is 0.0593. The van der Waals surface area contributed by atoms with Crippen LogP contribution in [-0.2, 0) is 6.42 Å². The number of amides is 1. The van der Waals surface area contributed by atoms with Crippen molar-refractivity contribution in [1.29, 1.82) is 10.5 Å². The third kappa shape index (κ3) is 6.31. The highest BCUT2D eigenvalue weighted by Crippen LogP contribution is 2.37. The zero-order valence-electron chi connectivity index (χ0n) is 20.4. The topological polar surface area (TPSA) is 124 Å². The summed E-state index contributed by atoms with van der Waals surface area (Å²) in [7, 11) is 0. The summed E-state index contributed by atoms with van der Waals surface area (Å²) in [6.07, 6.45) is 1.11. The van der Waals surface area contributed by atoms with E-state index >= 15 is 0 Å². The SMILES string of the molecule is Cc1cc(CCC#N)cc(C)c1Oc1cc(Nc2ccc(C#N)cc2)c(N)cc1C(=O)NC(C)C. The largest absolute Gasteiger partial charge is 0.456 e. The minimum atomic E-state index is -0.285. The summed E-state index contributed by atoms with van der Waals surface area (Å²) in [6.45, 7) is 7.66. The fraction of sp³-hybridized carbons (Fsp3) is 0.250. The maximum Gasteiger partial charge on any atom is 0.255 e. The highest BCUT2D eigenvalue weighted by atomic mass is 16.5. The number of hydrogen-bond acceptors (Lipinski definition) is 6. The Balaban J connectivity index is 2.03. The fourth-order valence-corrected chi connectivity index (χ4v) is 3.75. The van der Waals surface area contributed by atoms with Gasteiger partial charge in [-0.2, -0.15) is 10.5 Å². The molecular weight excluding hydrogens is 438 g/mol. The molecule has 0 atom stereocenters. The molecule has 0 unspecified atom stereocenters. The molecule has 0 aliphatic rings. The molecule has 4 N–H and O–H groups in total. The van der Waals surface area contributed by atoms with E-state index in [1.807, 2.05) is 39.8 Å². The van der Waals surface area contributed by atoms with Crippen molar-refractivity contribution < 1.29 is 9.53 Å². The fourth-order valence-electron chi connectivity index (χ4n) is 3.75. The molecule has 0 bridgehead atoms. The van der Waals surface area contributed by atoms with E-state index in [1.54, 1.807) is 36.4 Å². The van der Waals surface area contributed by atoms with Crippen molar-refractivity contribution in [1.82, 2.24) is 5.32 Å². The summed E-state index contributed by atoms with van der Waals surface area (Å²) in [6, 6.07) is 18.5. The molecule has 3 rings (SSSR count). The number of nitrogens with zero attached hydrogens (tertiary/aromatic N) is 2. The molecule has 178 valence electrons. The zero-order valence-corrected chi connectivity index (χ0v) is 20.4. The van der Waals surface area contributed by atoms with E-state index in [-0.39, 0.29) is 11.9 Å². The molecule has 0 heterocycles. The summed E-state index contributed by atoms with van der Waals surface area (Å²) >= 11 is 0. The maximum atomic E-state index is 13.0. The Kier molecular flexibility index (Phi) is 7.96. The number of nitriles is 2. The number of ether oxygens (including phenoxy) is 1. The van der Waals surface area contributed by atoms with Gasteiger partial charge >= 0.3 is 0 Å². The van der Waals surface area contributed by atoms with Crippen molar-refractivity contribution in [3.63, 3.8) is 0 Å². The van der Waals surface area contributed by atoms with Crippen LogP contribution >= 0.6 is 0 Å². The Hall–Kier alpha value is -4.49. The Morgan fingerprint density at radius 2 is 1.71 bits per heavy atom. The smallest absolute Gasteiger partial charge is 0.255 e. The first-order valence-corrected chi connectivity index (χ1v) is 11.4. The molecule has 7 heteroatoms. The van der Waals surface area contributed by atoms with Gasteiger partial charge in [-0.25, -0.2) is 0 Å². The molecule has 0 fully saturated rings. The van der Waals surface area contributed by atoms with Gasteiger partial charge in [0, 0.05) is 24.2 Å². The van der Waals surface area contributed by atoms with Gasteiger partial charge in [0.2, 0.25) is 0 Å². The number of nitrogens with one attached hydrogen (secondary N) is 2. The van der Waals surface area contributed by atoms with Gasteiger partial charge in [-0.1, -0.05) is 12.1 Å². The van der Waals surface area contributed by atoms with Gasteiger partial charge in [0.15, 0.2) is 0 Å². The van der Waals surface area contributed by atoms with E-state index in [4.69, 9.17) is 21.0 Å². The first-order chi connectivity index (χ1) is 16.7. The number of anilines is 3. The lowest BCUT2D eigenvalue weighted by Gasteiger charge is -2.19.